The second-order valence-corrected chi connectivity index (χ2v) is 7.25. The van der Waals surface area contributed by atoms with Gasteiger partial charge in [-0.2, -0.15) is 21.6 Å². The van der Waals surface area contributed by atoms with E-state index in [1.165, 1.54) is 12.1 Å². The summed E-state index contributed by atoms with van der Waals surface area (Å²) >= 11 is 0. The second-order valence-electron chi connectivity index (χ2n) is 5.70. The van der Waals surface area contributed by atoms with Crippen LogP contribution >= 0.6 is 0 Å². The minimum Gasteiger partial charge on any atom is -0.392 e. The van der Waals surface area contributed by atoms with Crippen molar-refractivity contribution in [2.24, 2.45) is 10.2 Å². The number of hydrogen-bond donors (Lipinski definition) is 1. The maximum Gasteiger partial charge on any atom is 0.442 e. The van der Waals surface area contributed by atoms with Gasteiger partial charge >= 0.3 is 22.0 Å². The van der Waals surface area contributed by atoms with E-state index in [4.69, 9.17) is 4.18 Å². The lowest BCUT2D eigenvalue weighted by Gasteiger charge is -2.17. The van der Waals surface area contributed by atoms with Gasteiger partial charge in [0, 0.05) is 11.1 Å². The molecule has 0 aliphatic carbocycles. The first-order valence-corrected chi connectivity index (χ1v) is 8.76. The van der Waals surface area contributed by atoms with Gasteiger partial charge in [-0.3, -0.25) is 0 Å². The smallest absolute Gasteiger partial charge is 0.392 e. The minimum atomic E-state index is -4.73. The summed E-state index contributed by atoms with van der Waals surface area (Å²) in [5.74, 6) is -0.269. The van der Waals surface area contributed by atoms with E-state index in [-0.39, 0.29) is 21.8 Å². The average molecular weight is 386 g/mol. The first-order chi connectivity index (χ1) is 12.1. The van der Waals surface area contributed by atoms with Crippen LogP contribution in [0.15, 0.2) is 57.6 Å². The highest BCUT2D eigenvalue weighted by molar-refractivity contribution is 7.87. The van der Waals surface area contributed by atoms with Crippen LogP contribution < -0.4 is 4.18 Å². The van der Waals surface area contributed by atoms with Crippen LogP contribution in [-0.2, 0) is 22.4 Å². The van der Waals surface area contributed by atoms with Crippen LogP contribution in [0.4, 0.5) is 13.2 Å². The van der Waals surface area contributed by atoms with Crippen LogP contribution in [0.5, 0.6) is 5.75 Å². The molecule has 0 spiro atoms. The Morgan fingerprint density at radius 2 is 1.73 bits per heavy atom. The molecule has 0 atom stereocenters. The van der Waals surface area contributed by atoms with E-state index in [0.29, 0.717) is 0 Å². The predicted molar refractivity (Wildman–Crippen MR) is 83.9 cm³/mol. The molecule has 1 aliphatic heterocycles. The Morgan fingerprint density at radius 3 is 2.23 bits per heavy atom. The van der Waals surface area contributed by atoms with E-state index in [0.717, 1.165) is 23.8 Å². The number of aryl methyl sites for hydroxylation is 1. The molecular weight excluding hydrogens is 373 g/mol. The molecule has 6 nitrogen and oxygen atoms in total. The number of nitrogens with zero attached hydrogens (tertiary/aromatic N) is 2. The highest BCUT2D eigenvalue weighted by atomic mass is 32.2. The van der Waals surface area contributed by atoms with Crippen molar-refractivity contribution in [3.63, 3.8) is 0 Å². The lowest BCUT2D eigenvalue weighted by Crippen LogP contribution is -2.30. The first-order valence-electron chi connectivity index (χ1n) is 7.35. The van der Waals surface area contributed by atoms with Crippen molar-refractivity contribution in [3.05, 3.63) is 59.2 Å². The second kappa shape index (κ2) is 6.06. The first kappa shape index (κ1) is 18.3. The third-order valence-corrected chi connectivity index (χ3v) is 5.09. The molecule has 138 valence electrons. The summed E-state index contributed by atoms with van der Waals surface area (Å²) in [5.41, 5.74) is -2.27. The zero-order valence-corrected chi connectivity index (χ0v) is 14.2. The van der Waals surface area contributed by atoms with Gasteiger partial charge in [-0.05, 0) is 31.2 Å². The van der Waals surface area contributed by atoms with E-state index >= 15 is 0 Å². The zero-order chi connectivity index (χ0) is 19.2. The van der Waals surface area contributed by atoms with Crippen molar-refractivity contribution in [2.75, 3.05) is 0 Å². The maximum absolute atomic E-state index is 13.1. The number of aliphatic hydroxyl groups excluding tert-OH is 1. The monoisotopic (exact) mass is 386 g/mol. The van der Waals surface area contributed by atoms with E-state index in [9.17, 15) is 26.7 Å². The number of alkyl halides is 3. The molecule has 1 heterocycles. The highest BCUT2D eigenvalue weighted by Gasteiger charge is 2.65. The quantitative estimate of drug-likeness (QED) is 0.798. The molecule has 0 aromatic heterocycles. The van der Waals surface area contributed by atoms with E-state index in [2.05, 4.69) is 10.2 Å². The molecule has 0 saturated heterocycles. The lowest BCUT2D eigenvalue weighted by molar-refractivity contribution is -0.166. The molecule has 2 aromatic carbocycles. The van der Waals surface area contributed by atoms with Gasteiger partial charge in [-0.1, -0.05) is 23.8 Å². The Morgan fingerprint density at radius 1 is 1.12 bits per heavy atom. The molecule has 0 unspecified atom stereocenters. The molecule has 1 N–H and O–H groups in total. The standard InChI is InChI=1S/C16H13F3N2O4S/c1-10-2-5-13(6-3-10)26(23,24)25-14-7-4-12(8-11(14)9-22)15(20-21-15)16(17,18)19/h2-8,22H,9H2,1H3. The fourth-order valence-electron chi connectivity index (χ4n) is 2.31. The Bertz CT molecular complexity index is 964. The van der Waals surface area contributed by atoms with Crippen LogP contribution in [0.3, 0.4) is 0 Å². The number of rotatable bonds is 5. The fourth-order valence-corrected chi connectivity index (χ4v) is 3.28. The summed E-state index contributed by atoms with van der Waals surface area (Å²) in [4.78, 5) is -0.116. The van der Waals surface area contributed by atoms with E-state index < -0.39 is 28.6 Å². The average Bonchev–Trinajstić information content (AvgIpc) is 3.37. The van der Waals surface area contributed by atoms with Gasteiger partial charge in [-0.25, -0.2) is 0 Å². The van der Waals surface area contributed by atoms with Gasteiger partial charge in [0.2, 0.25) is 0 Å². The summed E-state index contributed by atoms with van der Waals surface area (Å²) < 4.78 is 68.8. The van der Waals surface area contributed by atoms with Crippen LogP contribution in [-0.4, -0.2) is 19.7 Å². The number of hydrogen-bond acceptors (Lipinski definition) is 6. The third-order valence-electron chi connectivity index (χ3n) is 3.84. The number of benzene rings is 2. The van der Waals surface area contributed by atoms with Crippen molar-refractivity contribution in [3.8, 4) is 5.75 Å². The fraction of sp³-hybridized carbons (Fsp3) is 0.250. The largest absolute Gasteiger partial charge is 0.442 e. The molecule has 10 heteroatoms. The predicted octanol–water partition coefficient (Wildman–Crippen LogP) is 3.44. The summed E-state index contributed by atoms with van der Waals surface area (Å²) in [7, 11) is -4.20. The molecule has 0 fully saturated rings. The Balaban J connectivity index is 1.93. The summed E-state index contributed by atoms with van der Waals surface area (Å²) in [6.07, 6.45) is -4.73. The topological polar surface area (TPSA) is 88.3 Å². The SMILES string of the molecule is Cc1ccc(S(=O)(=O)Oc2ccc(C3(C(F)(F)F)N=N3)cc2CO)cc1. The minimum absolute atomic E-state index is 0.116. The molecule has 0 saturated carbocycles. The summed E-state index contributed by atoms with van der Waals surface area (Å²) in [6.45, 7) is 1.06. The molecular formula is C16H13F3N2O4S. The van der Waals surface area contributed by atoms with Crippen molar-refractivity contribution in [1.82, 2.24) is 0 Å². The van der Waals surface area contributed by atoms with Crippen molar-refractivity contribution >= 4 is 10.1 Å². The normalized spacial score (nSPS) is 15.7. The van der Waals surface area contributed by atoms with Gasteiger partial charge < -0.3 is 9.29 Å². The highest BCUT2D eigenvalue weighted by Crippen LogP contribution is 2.52. The number of halogens is 3. The Kier molecular flexibility index (Phi) is 4.27. The summed E-state index contributed by atoms with van der Waals surface area (Å²) in [6, 6.07) is 8.89. The summed E-state index contributed by atoms with van der Waals surface area (Å²) in [5, 5.41) is 15.6. The van der Waals surface area contributed by atoms with E-state index in [1.54, 1.807) is 19.1 Å². The third kappa shape index (κ3) is 3.17. The van der Waals surface area contributed by atoms with Crippen LogP contribution in [0.2, 0.25) is 0 Å². The number of aliphatic hydroxyl groups is 1. The molecule has 0 bridgehead atoms. The lowest BCUT2D eigenvalue weighted by atomic mass is 10.00. The van der Waals surface area contributed by atoms with Gasteiger partial charge in [0.1, 0.15) is 10.6 Å². The molecule has 0 amide bonds. The Labute approximate surface area is 147 Å². The molecule has 2 aromatic rings. The molecule has 3 rings (SSSR count). The Hall–Kier alpha value is -2.46. The van der Waals surface area contributed by atoms with Crippen LogP contribution in [0.1, 0.15) is 16.7 Å². The zero-order valence-electron chi connectivity index (χ0n) is 13.4. The van der Waals surface area contributed by atoms with Crippen molar-refractivity contribution < 1.29 is 30.9 Å². The van der Waals surface area contributed by atoms with Crippen LogP contribution in [0, 0.1) is 6.92 Å². The molecule has 26 heavy (non-hydrogen) atoms. The molecule has 1 aliphatic rings. The van der Waals surface area contributed by atoms with Crippen molar-refractivity contribution in [1.29, 1.82) is 0 Å². The van der Waals surface area contributed by atoms with Gasteiger partial charge in [0.05, 0.1) is 6.61 Å². The van der Waals surface area contributed by atoms with Crippen LogP contribution in [0.25, 0.3) is 0 Å². The van der Waals surface area contributed by atoms with Crippen molar-refractivity contribution in [2.45, 2.75) is 30.3 Å². The molecule has 0 radical (unpaired) electrons. The van der Waals surface area contributed by atoms with Gasteiger partial charge in [-0.15, -0.1) is 10.2 Å². The van der Waals surface area contributed by atoms with Gasteiger partial charge in [0.25, 0.3) is 0 Å². The maximum atomic E-state index is 13.1. The van der Waals surface area contributed by atoms with Gasteiger partial charge in [0.15, 0.2) is 0 Å². The van der Waals surface area contributed by atoms with E-state index in [1.807, 2.05) is 0 Å².